The van der Waals surface area contributed by atoms with Gasteiger partial charge in [0.15, 0.2) is 5.82 Å². The van der Waals surface area contributed by atoms with E-state index in [4.69, 9.17) is 9.26 Å². The molecule has 2 fully saturated rings. The lowest BCUT2D eigenvalue weighted by molar-refractivity contribution is 0.0645. The van der Waals surface area contributed by atoms with Gasteiger partial charge < -0.3 is 14.2 Å². The first kappa shape index (κ1) is 14.4. The highest BCUT2D eigenvalue weighted by atomic mass is 16.5. The molecule has 0 unspecified atom stereocenters. The fraction of sp³-hybridized carbons (Fsp3) is 0.600. The van der Waals surface area contributed by atoms with Crippen molar-refractivity contribution in [3.05, 3.63) is 29.2 Å². The van der Waals surface area contributed by atoms with Crippen molar-refractivity contribution < 1.29 is 14.1 Å². The van der Waals surface area contributed by atoms with E-state index in [0.29, 0.717) is 24.7 Å². The lowest BCUT2D eigenvalue weighted by Gasteiger charge is -2.20. The number of hydrogen-bond donors (Lipinski definition) is 1. The van der Waals surface area contributed by atoms with Crippen LogP contribution in [-0.2, 0) is 4.74 Å². The summed E-state index contributed by atoms with van der Waals surface area (Å²) < 4.78 is 10.7. The van der Waals surface area contributed by atoms with Crippen LogP contribution < -0.4 is 0 Å². The van der Waals surface area contributed by atoms with Gasteiger partial charge in [0.2, 0.25) is 5.76 Å². The summed E-state index contributed by atoms with van der Waals surface area (Å²) >= 11 is 0. The van der Waals surface area contributed by atoms with Crippen molar-refractivity contribution in [1.29, 1.82) is 0 Å². The molecular formula is C15H19N5O3. The highest BCUT2D eigenvalue weighted by molar-refractivity contribution is 5.92. The summed E-state index contributed by atoms with van der Waals surface area (Å²) in [5.74, 6) is 1.88. The van der Waals surface area contributed by atoms with Gasteiger partial charge in [0.1, 0.15) is 5.82 Å². The number of aromatic amines is 1. The van der Waals surface area contributed by atoms with Crippen LogP contribution in [0, 0.1) is 6.92 Å². The van der Waals surface area contributed by atoms with Gasteiger partial charge in [-0.25, -0.2) is 4.98 Å². The Morgan fingerprint density at radius 3 is 2.96 bits per heavy atom. The molecule has 1 aliphatic heterocycles. The minimum atomic E-state index is -0.216. The van der Waals surface area contributed by atoms with E-state index < -0.39 is 0 Å². The number of carbonyl (C=O) groups is 1. The van der Waals surface area contributed by atoms with E-state index in [1.54, 1.807) is 18.1 Å². The Hall–Kier alpha value is -2.22. The second-order valence-corrected chi connectivity index (χ2v) is 6.24. The van der Waals surface area contributed by atoms with Crippen LogP contribution in [-0.4, -0.2) is 50.9 Å². The zero-order chi connectivity index (χ0) is 16.0. The van der Waals surface area contributed by atoms with Gasteiger partial charge in [0.05, 0.1) is 17.8 Å². The third-order valence-corrected chi connectivity index (χ3v) is 4.50. The van der Waals surface area contributed by atoms with Gasteiger partial charge in [-0.05, 0) is 19.8 Å². The number of ether oxygens (including phenoxy) is 1. The molecule has 1 saturated heterocycles. The van der Waals surface area contributed by atoms with Gasteiger partial charge in [-0.2, -0.15) is 5.10 Å². The molecule has 1 aliphatic carbocycles. The molecule has 0 radical (unpaired) electrons. The minimum Gasteiger partial charge on any atom is -0.380 e. The van der Waals surface area contributed by atoms with Crippen LogP contribution in [0.25, 0.3) is 0 Å². The Labute approximate surface area is 133 Å². The molecule has 0 aromatic carbocycles. The predicted molar refractivity (Wildman–Crippen MR) is 78.8 cm³/mol. The number of methoxy groups -OCH3 is 1. The van der Waals surface area contributed by atoms with Gasteiger partial charge in [-0.15, -0.1) is 0 Å². The van der Waals surface area contributed by atoms with Crippen LogP contribution >= 0.6 is 0 Å². The van der Waals surface area contributed by atoms with Crippen LogP contribution in [0.1, 0.15) is 59.1 Å². The third-order valence-electron chi connectivity index (χ3n) is 4.50. The number of amides is 1. The summed E-state index contributed by atoms with van der Waals surface area (Å²) in [5.41, 5.74) is 0.876. The monoisotopic (exact) mass is 317 g/mol. The molecule has 23 heavy (non-hydrogen) atoms. The van der Waals surface area contributed by atoms with Gasteiger partial charge >= 0.3 is 0 Å². The van der Waals surface area contributed by atoms with Crippen molar-refractivity contribution in [1.82, 2.24) is 25.2 Å². The van der Waals surface area contributed by atoms with E-state index in [-0.39, 0.29) is 23.8 Å². The Kier molecular flexibility index (Phi) is 3.41. The number of hydrogen-bond acceptors (Lipinski definition) is 6. The van der Waals surface area contributed by atoms with Gasteiger partial charge in [-0.1, -0.05) is 5.16 Å². The summed E-state index contributed by atoms with van der Waals surface area (Å²) in [6.07, 6.45) is 2.88. The first-order chi connectivity index (χ1) is 11.2. The topological polar surface area (TPSA) is 97.1 Å². The predicted octanol–water partition coefficient (Wildman–Crippen LogP) is 1.58. The SMILES string of the molecule is CO[C@@H]1C[C@@H](c2n[nH]c(C)n2)N(C(=O)c2cc(C3CC3)no2)C1. The molecule has 2 aromatic rings. The summed E-state index contributed by atoms with van der Waals surface area (Å²) in [6, 6.07) is 1.55. The van der Waals surface area contributed by atoms with E-state index in [1.165, 1.54) is 0 Å². The summed E-state index contributed by atoms with van der Waals surface area (Å²) in [4.78, 5) is 18.9. The van der Waals surface area contributed by atoms with E-state index >= 15 is 0 Å². The molecule has 3 heterocycles. The number of likely N-dealkylation sites (tertiary alicyclic amines) is 1. The molecule has 1 saturated carbocycles. The van der Waals surface area contributed by atoms with Gasteiger partial charge in [-0.3, -0.25) is 9.89 Å². The highest BCUT2D eigenvalue weighted by Crippen LogP contribution is 2.40. The number of carbonyl (C=O) groups excluding carboxylic acids is 1. The van der Waals surface area contributed by atoms with Crippen molar-refractivity contribution in [3.8, 4) is 0 Å². The Morgan fingerprint density at radius 2 is 2.30 bits per heavy atom. The molecule has 4 rings (SSSR count). The maximum absolute atomic E-state index is 12.8. The molecule has 122 valence electrons. The van der Waals surface area contributed by atoms with Crippen molar-refractivity contribution in [2.75, 3.05) is 13.7 Å². The van der Waals surface area contributed by atoms with Crippen LogP contribution in [0.15, 0.2) is 10.6 Å². The normalized spacial score (nSPS) is 24.3. The average Bonchev–Trinajstić information content (AvgIpc) is 2.99. The number of H-pyrrole nitrogens is 1. The average molecular weight is 317 g/mol. The number of aromatic nitrogens is 4. The summed E-state index contributed by atoms with van der Waals surface area (Å²) in [5, 5.41) is 11.1. The van der Waals surface area contributed by atoms with Crippen molar-refractivity contribution in [3.63, 3.8) is 0 Å². The van der Waals surface area contributed by atoms with E-state index in [9.17, 15) is 4.79 Å². The number of aryl methyl sites for hydroxylation is 1. The second-order valence-electron chi connectivity index (χ2n) is 6.24. The molecule has 1 N–H and O–H groups in total. The zero-order valence-electron chi connectivity index (χ0n) is 13.2. The third kappa shape index (κ3) is 2.63. The van der Waals surface area contributed by atoms with Crippen LogP contribution in [0.3, 0.4) is 0 Å². The number of rotatable bonds is 4. The number of nitrogens with one attached hydrogen (secondary N) is 1. The van der Waals surface area contributed by atoms with Gasteiger partial charge in [0, 0.05) is 32.1 Å². The highest BCUT2D eigenvalue weighted by Gasteiger charge is 2.40. The zero-order valence-corrected chi connectivity index (χ0v) is 13.2. The Balaban J connectivity index is 1.59. The minimum absolute atomic E-state index is 0.0337. The standard InChI is InChI=1S/C15H19N5O3/c1-8-16-14(18-17-8)12-5-10(22-2)7-20(12)15(21)13-6-11(19-23-13)9-3-4-9/h6,9-10,12H,3-5,7H2,1-2H3,(H,16,17,18)/t10-,12+/m1/s1. The maximum Gasteiger partial charge on any atom is 0.293 e. The molecule has 0 bridgehead atoms. The molecule has 2 atom stereocenters. The van der Waals surface area contributed by atoms with E-state index in [2.05, 4.69) is 20.3 Å². The van der Waals surface area contributed by atoms with E-state index in [1.807, 2.05) is 6.92 Å². The number of nitrogens with zero attached hydrogens (tertiary/aromatic N) is 4. The van der Waals surface area contributed by atoms with Crippen molar-refractivity contribution >= 4 is 5.91 Å². The van der Waals surface area contributed by atoms with E-state index in [0.717, 1.165) is 24.4 Å². The molecule has 2 aromatic heterocycles. The lowest BCUT2D eigenvalue weighted by atomic mass is 10.2. The molecule has 0 spiro atoms. The Bertz CT molecular complexity index is 720. The largest absolute Gasteiger partial charge is 0.380 e. The van der Waals surface area contributed by atoms with Crippen molar-refractivity contribution in [2.24, 2.45) is 0 Å². The maximum atomic E-state index is 12.8. The summed E-state index contributed by atoms with van der Waals surface area (Å²) in [7, 11) is 1.65. The molecule has 2 aliphatic rings. The molecular weight excluding hydrogens is 298 g/mol. The van der Waals surface area contributed by atoms with Crippen molar-refractivity contribution in [2.45, 2.75) is 44.2 Å². The van der Waals surface area contributed by atoms with Crippen LogP contribution in [0.5, 0.6) is 0 Å². The van der Waals surface area contributed by atoms with Gasteiger partial charge in [0.25, 0.3) is 5.91 Å². The van der Waals surface area contributed by atoms with Crippen LogP contribution in [0.4, 0.5) is 0 Å². The molecule has 8 nitrogen and oxygen atoms in total. The Morgan fingerprint density at radius 1 is 1.48 bits per heavy atom. The fourth-order valence-electron chi connectivity index (χ4n) is 3.05. The second kappa shape index (κ2) is 5.45. The first-order valence-electron chi connectivity index (χ1n) is 7.85. The lowest BCUT2D eigenvalue weighted by Crippen LogP contribution is -2.32. The summed E-state index contributed by atoms with van der Waals surface area (Å²) in [6.45, 7) is 2.33. The first-order valence-corrected chi connectivity index (χ1v) is 7.85. The molecule has 8 heteroatoms. The fourth-order valence-corrected chi connectivity index (χ4v) is 3.05. The quantitative estimate of drug-likeness (QED) is 0.919. The smallest absolute Gasteiger partial charge is 0.293 e. The van der Waals surface area contributed by atoms with Crippen LogP contribution in [0.2, 0.25) is 0 Å². The molecule has 1 amide bonds.